The first kappa shape index (κ1) is 17.2. The lowest BCUT2D eigenvalue weighted by atomic mass is 10.1. The van der Waals surface area contributed by atoms with Crippen molar-refractivity contribution in [1.29, 1.82) is 0 Å². The first-order valence-corrected chi connectivity index (χ1v) is 8.93. The Kier molecular flexibility index (Phi) is 4.85. The fourth-order valence-electron chi connectivity index (χ4n) is 2.87. The van der Waals surface area contributed by atoms with Gasteiger partial charge in [-0.15, -0.1) is 10.2 Å². The molecule has 0 saturated heterocycles. The predicted octanol–water partition coefficient (Wildman–Crippen LogP) is 5.11. The highest BCUT2D eigenvalue weighted by Gasteiger charge is 2.13. The number of aromatic nitrogens is 2. The summed E-state index contributed by atoms with van der Waals surface area (Å²) in [6, 6.07) is 21.0. The molecule has 0 radical (unpaired) electrons. The predicted molar refractivity (Wildman–Crippen MR) is 106 cm³/mol. The third kappa shape index (κ3) is 3.83. The molecule has 27 heavy (non-hydrogen) atoms. The Morgan fingerprint density at radius 1 is 0.963 bits per heavy atom. The first-order chi connectivity index (χ1) is 13.2. The molecule has 1 N–H and O–H groups in total. The van der Waals surface area contributed by atoms with Gasteiger partial charge in [-0.2, -0.15) is 0 Å². The molecule has 0 aliphatic carbocycles. The van der Waals surface area contributed by atoms with E-state index in [9.17, 15) is 4.79 Å². The maximum Gasteiger partial charge on any atom is 0.249 e. The molecule has 5 nitrogen and oxygen atoms in total. The van der Waals surface area contributed by atoms with Crippen LogP contribution in [0.1, 0.15) is 12.3 Å². The fraction of sp³-hybridized carbons (Fsp3) is 0.0952. The van der Waals surface area contributed by atoms with Gasteiger partial charge in [-0.1, -0.05) is 60.1 Å². The minimum atomic E-state index is -0.108. The Bertz CT molecular complexity index is 1100. The minimum absolute atomic E-state index is 0.108. The minimum Gasteiger partial charge on any atom is -0.421 e. The number of anilines is 1. The summed E-state index contributed by atoms with van der Waals surface area (Å²) in [6.45, 7) is 0. The zero-order chi connectivity index (χ0) is 18.6. The molecule has 4 rings (SSSR count). The van der Waals surface area contributed by atoms with Crippen LogP contribution in [0.2, 0.25) is 5.02 Å². The van der Waals surface area contributed by atoms with Gasteiger partial charge in [0, 0.05) is 23.9 Å². The number of aryl methyl sites for hydroxylation is 1. The molecular weight excluding hydrogens is 362 g/mol. The summed E-state index contributed by atoms with van der Waals surface area (Å²) >= 11 is 6.14. The van der Waals surface area contributed by atoms with Crippen molar-refractivity contribution in [2.75, 3.05) is 5.32 Å². The van der Waals surface area contributed by atoms with Gasteiger partial charge in [0.05, 0.1) is 10.6 Å². The van der Waals surface area contributed by atoms with Gasteiger partial charge in [0.15, 0.2) is 0 Å². The smallest absolute Gasteiger partial charge is 0.249 e. The molecule has 3 aromatic carbocycles. The van der Waals surface area contributed by atoms with E-state index in [2.05, 4.69) is 15.5 Å². The van der Waals surface area contributed by atoms with Crippen LogP contribution in [0.4, 0.5) is 5.69 Å². The van der Waals surface area contributed by atoms with Crippen molar-refractivity contribution in [3.05, 3.63) is 77.6 Å². The SMILES string of the molecule is O=C(CCc1nnc(-c2ccccc2Cl)o1)Nc1cccc2ccccc12. The van der Waals surface area contributed by atoms with Crippen LogP contribution in [0.25, 0.3) is 22.2 Å². The third-order valence-electron chi connectivity index (χ3n) is 4.20. The van der Waals surface area contributed by atoms with Crippen LogP contribution in [-0.4, -0.2) is 16.1 Å². The van der Waals surface area contributed by atoms with Crippen LogP contribution in [0.5, 0.6) is 0 Å². The standard InChI is InChI=1S/C21H16ClN3O2/c22-17-10-4-3-9-16(17)21-25-24-20(27-21)13-12-19(26)23-18-11-5-7-14-6-1-2-8-15(14)18/h1-11H,12-13H2,(H,23,26). The Morgan fingerprint density at radius 3 is 2.63 bits per heavy atom. The largest absolute Gasteiger partial charge is 0.421 e. The van der Waals surface area contributed by atoms with E-state index < -0.39 is 0 Å². The fourth-order valence-corrected chi connectivity index (χ4v) is 3.08. The number of amides is 1. The average Bonchev–Trinajstić information content (AvgIpc) is 3.16. The lowest BCUT2D eigenvalue weighted by Crippen LogP contribution is -2.12. The van der Waals surface area contributed by atoms with E-state index in [0.717, 1.165) is 16.5 Å². The van der Waals surface area contributed by atoms with Gasteiger partial charge < -0.3 is 9.73 Å². The molecule has 0 atom stereocenters. The summed E-state index contributed by atoms with van der Waals surface area (Å²) in [5.74, 6) is 0.645. The summed E-state index contributed by atoms with van der Waals surface area (Å²) in [7, 11) is 0. The van der Waals surface area contributed by atoms with E-state index in [4.69, 9.17) is 16.0 Å². The molecule has 0 saturated carbocycles. The molecule has 0 unspecified atom stereocenters. The molecule has 134 valence electrons. The first-order valence-electron chi connectivity index (χ1n) is 8.55. The van der Waals surface area contributed by atoms with E-state index in [-0.39, 0.29) is 12.3 Å². The van der Waals surface area contributed by atoms with Gasteiger partial charge in [-0.3, -0.25) is 4.79 Å². The van der Waals surface area contributed by atoms with Crippen molar-refractivity contribution in [2.45, 2.75) is 12.8 Å². The van der Waals surface area contributed by atoms with Gasteiger partial charge in [0.1, 0.15) is 0 Å². The van der Waals surface area contributed by atoms with Crippen molar-refractivity contribution in [3.8, 4) is 11.5 Å². The molecule has 1 aromatic heterocycles. The number of nitrogens with one attached hydrogen (secondary N) is 1. The Balaban J connectivity index is 1.42. The zero-order valence-electron chi connectivity index (χ0n) is 14.4. The number of hydrogen-bond donors (Lipinski definition) is 1. The topological polar surface area (TPSA) is 68.0 Å². The third-order valence-corrected chi connectivity index (χ3v) is 4.53. The van der Waals surface area contributed by atoms with E-state index in [0.29, 0.717) is 28.8 Å². The average molecular weight is 378 g/mol. The highest BCUT2D eigenvalue weighted by Crippen LogP contribution is 2.26. The number of hydrogen-bond acceptors (Lipinski definition) is 4. The molecule has 4 aromatic rings. The van der Waals surface area contributed by atoms with Gasteiger partial charge >= 0.3 is 0 Å². The zero-order valence-corrected chi connectivity index (χ0v) is 15.1. The number of carbonyl (C=O) groups excluding carboxylic acids is 1. The molecule has 0 fully saturated rings. The van der Waals surface area contributed by atoms with Crippen LogP contribution in [0.3, 0.4) is 0 Å². The number of rotatable bonds is 5. The second kappa shape index (κ2) is 7.60. The van der Waals surface area contributed by atoms with Crippen LogP contribution in [-0.2, 0) is 11.2 Å². The van der Waals surface area contributed by atoms with Crippen LogP contribution >= 0.6 is 11.6 Å². The maximum atomic E-state index is 12.3. The number of nitrogens with zero attached hydrogens (tertiary/aromatic N) is 2. The van der Waals surface area contributed by atoms with E-state index in [1.807, 2.05) is 60.7 Å². The van der Waals surface area contributed by atoms with Gasteiger partial charge in [0.25, 0.3) is 0 Å². The number of fused-ring (bicyclic) bond motifs is 1. The van der Waals surface area contributed by atoms with Crippen LogP contribution < -0.4 is 5.32 Å². The van der Waals surface area contributed by atoms with E-state index in [1.54, 1.807) is 6.07 Å². The molecule has 0 aliphatic heterocycles. The summed E-state index contributed by atoms with van der Waals surface area (Å²) < 4.78 is 5.63. The molecule has 0 bridgehead atoms. The molecule has 0 spiro atoms. The highest BCUT2D eigenvalue weighted by molar-refractivity contribution is 6.33. The Hall–Kier alpha value is -3.18. The summed E-state index contributed by atoms with van der Waals surface area (Å²) in [6.07, 6.45) is 0.599. The Morgan fingerprint density at radius 2 is 1.74 bits per heavy atom. The summed E-state index contributed by atoms with van der Waals surface area (Å²) in [5, 5.41) is 13.6. The molecule has 6 heteroatoms. The normalized spacial score (nSPS) is 10.9. The Labute approximate surface area is 161 Å². The van der Waals surface area contributed by atoms with E-state index in [1.165, 1.54) is 0 Å². The van der Waals surface area contributed by atoms with Gasteiger partial charge in [-0.25, -0.2) is 0 Å². The van der Waals surface area contributed by atoms with Gasteiger partial charge in [0.2, 0.25) is 17.7 Å². The lowest BCUT2D eigenvalue weighted by molar-refractivity contribution is -0.116. The lowest BCUT2D eigenvalue weighted by Gasteiger charge is -2.08. The van der Waals surface area contributed by atoms with Crippen molar-refractivity contribution in [3.63, 3.8) is 0 Å². The van der Waals surface area contributed by atoms with Crippen molar-refractivity contribution < 1.29 is 9.21 Å². The maximum absolute atomic E-state index is 12.3. The second-order valence-corrected chi connectivity index (χ2v) is 6.46. The van der Waals surface area contributed by atoms with Crippen LogP contribution in [0, 0.1) is 0 Å². The highest BCUT2D eigenvalue weighted by atomic mass is 35.5. The quantitative estimate of drug-likeness (QED) is 0.524. The monoisotopic (exact) mass is 377 g/mol. The van der Waals surface area contributed by atoms with Crippen molar-refractivity contribution in [2.24, 2.45) is 0 Å². The van der Waals surface area contributed by atoms with Gasteiger partial charge in [-0.05, 0) is 23.6 Å². The second-order valence-electron chi connectivity index (χ2n) is 6.06. The molecular formula is C21H16ClN3O2. The summed E-state index contributed by atoms with van der Waals surface area (Å²) in [4.78, 5) is 12.3. The molecule has 1 amide bonds. The van der Waals surface area contributed by atoms with E-state index >= 15 is 0 Å². The molecule has 1 heterocycles. The van der Waals surface area contributed by atoms with Crippen LogP contribution in [0.15, 0.2) is 71.1 Å². The van der Waals surface area contributed by atoms with Crippen molar-refractivity contribution in [1.82, 2.24) is 10.2 Å². The molecule has 0 aliphatic rings. The number of carbonyl (C=O) groups is 1. The van der Waals surface area contributed by atoms with Crippen molar-refractivity contribution >= 4 is 34.0 Å². The summed E-state index contributed by atoms with van der Waals surface area (Å²) in [5.41, 5.74) is 1.47. The number of halogens is 1. The number of benzene rings is 3.